The van der Waals surface area contributed by atoms with Gasteiger partial charge in [0.2, 0.25) is 0 Å². The standard InChI is InChI=1S/C27H17N3.C11H8N.Ir/c1-2-7-19(8-3-1)28-15-16-29(18-28)20-13-14-26-24(17-20)23-11-6-10-22-21-9-4-5-12-25(21)30(26)27(22)23;1-2-6-10(7-3-1)11-8-4-5-9-12-11;/h1-12,14-18H;1-6,8-9H;/q-2;-1;+3. The summed E-state index contributed by atoms with van der Waals surface area (Å²) in [4.78, 5) is 8.47. The van der Waals surface area contributed by atoms with Crippen LogP contribution in [0.15, 0.2) is 146 Å². The summed E-state index contributed by atoms with van der Waals surface area (Å²) >= 11 is 0. The van der Waals surface area contributed by atoms with Gasteiger partial charge in [-0.15, -0.1) is 59.7 Å². The zero-order chi connectivity index (χ0) is 27.9. The quantitative estimate of drug-likeness (QED) is 0.170. The van der Waals surface area contributed by atoms with E-state index in [0.717, 1.165) is 22.6 Å². The minimum Gasteiger partial charge on any atom is -0.500 e. The summed E-state index contributed by atoms with van der Waals surface area (Å²) in [5, 5.41) is 5.16. The first-order valence-corrected chi connectivity index (χ1v) is 14.0. The molecule has 43 heavy (non-hydrogen) atoms. The minimum atomic E-state index is 0. The van der Waals surface area contributed by atoms with Gasteiger partial charge < -0.3 is 19.2 Å². The molecule has 4 heterocycles. The second-order valence-electron chi connectivity index (χ2n) is 10.2. The molecule has 0 N–H and O–H groups in total. The van der Waals surface area contributed by atoms with E-state index in [1.54, 1.807) is 6.20 Å². The molecule has 206 valence electrons. The summed E-state index contributed by atoms with van der Waals surface area (Å²) in [5.74, 6) is 0. The smallest absolute Gasteiger partial charge is 0.500 e. The van der Waals surface area contributed by atoms with E-state index < -0.39 is 0 Å². The van der Waals surface area contributed by atoms with Crippen LogP contribution in [0.25, 0.3) is 49.4 Å². The molecule has 0 fully saturated rings. The molecule has 0 amide bonds. The van der Waals surface area contributed by atoms with Crippen LogP contribution in [0.1, 0.15) is 0 Å². The van der Waals surface area contributed by atoms with Crippen LogP contribution >= 0.6 is 0 Å². The minimum absolute atomic E-state index is 0. The Morgan fingerprint density at radius 2 is 1.35 bits per heavy atom. The van der Waals surface area contributed by atoms with E-state index in [1.165, 1.54) is 38.1 Å². The Kier molecular flexibility index (Phi) is 7.12. The third-order valence-corrected chi connectivity index (χ3v) is 7.76. The Bertz CT molecular complexity index is 2140. The Balaban J connectivity index is 0.000000195. The number of para-hydroxylation sites is 3. The number of anilines is 2. The predicted molar refractivity (Wildman–Crippen MR) is 173 cm³/mol. The maximum Gasteiger partial charge on any atom is 3.00 e. The van der Waals surface area contributed by atoms with E-state index in [2.05, 4.69) is 129 Å². The summed E-state index contributed by atoms with van der Waals surface area (Å²) in [6, 6.07) is 50.3. The van der Waals surface area contributed by atoms with Crippen LogP contribution in [0, 0.1) is 18.8 Å². The predicted octanol–water partition coefficient (Wildman–Crippen LogP) is 9.10. The monoisotopic (exact) mass is 730 g/mol. The second-order valence-corrected chi connectivity index (χ2v) is 10.2. The molecular weight excluding hydrogens is 705 g/mol. The van der Waals surface area contributed by atoms with Crippen molar-refractivity contribution in [3.8, 4) is 11.3 Å². The molecule has 9 rings (SSSR count). The van der Waals surface area contributed by atoms with Gasteiger partial charge in [0.15, 0.2) is 0 Å². The molecule has 0 saturated heterocycles. The van der Waals surface area contributed by atoms with Crippen molar-refractivity contribution in [1.29, 1.82) is 0 Å². The van der Waals surface area contributed by atoms with Crippen LogP contribution in [0.5, 0.6) is 0 Å². The van der Waals surface area contributed by atoms with E-state index >= 15 is 0 Å². The molecule has 1 aliphatic heterocycles. The number of pyridine rings is 1. The van der Waals surface area contributed by atoms with Crippen LogP contribution in [-0.2, 0) is 20.1 Å². The molecule has 5 aromatic carbocycles. The zero-order valence-electron chi connectivity index (χ0n) is 23.1. The van der Waals surface area contributed by atoms with E-state index in [0.29, 0.717) is 0 Å². The summed E-state index contributed by atoms with van der Waals surface area (Å²) in [5.41, 5.74) is 7.94. The van der Waals surface area contributed by atoms with Gasteiger partial charge in [-0.05, 0) is 47.7 Å². The van der Waals surface area contributed by atoms with E-state index in [4.69, 9.17) is 0 Å². The fourth-order valence-electron chi connectivity index (χ4n) is 5.83. The van der Waals surface area contributed by atoms with E-state index in [1.807, 2.05) is 48.5 Å². The third-order valence-electron chi connectivity index (χ3n) is 7.76. The van der Waals surface area contributed by atoms with Crippen molar-refractivity contribution < 1.29 is 20.1 Å². The Hall–Kier alpha value is -4.96. The van der Waals surface area contributed by atoms with Gasteiger partial charge in [-0.3, -0.25) is 0 Å². The van der Waals surface area contributed by atoms with Crippen molar-refractivity contribution >= 4 is 49.5 Å². The number of rotatable bonds is 3. The van der Waals surface area contributed by atoms with Gasteiger partial charge in [-0.1, -0.05) is 72.2 Å². The first-order chi connectivity index (χ1) is 20.8. The molecule has 1 aliphatic rings. The maximum atomic E-state index is 4.22. The van der Waals surface area contributed by atoms with Crippen LogP contribution in [-0.4, -0.2) is 9.38 Å². The Labute approximate surface area is 263 Å². The SMILES string of the molecule is [Ir+3].[c-]1cc2c(cc1N1C=CN(c3ccccc3)[CH-]1)c1cccc3c4ccccc4n2c13.[c-]1ccccc1-c1ccccn1. The molecular formula is C38H25IrN4. The molecule has 0 unspecified atom stereocenters. The number of fused-ring (bicyclic) bond motifs is 6. The van der Waals surface area contributed by atoms with Gasteiger partial charge in [-0.2, -0.15) is 12.1 Å². The molecule has 3 aromatic heterocycles. The molecule has 0 bridgehead atoms. The molecule has 5 heteroatoms. The van der Waals surface area contributed by atoms with Crippen molar-refractivity contribution in [1.82, 2.24) is 9.38 Å². The largest absolute Gasteiger partial charge is 3.00 e. The topological polar surface area (TPSA) is 23.8 Å². The van der Waals surface area contributed by atoms with Crippen molar-refractivity contribution in [2.24, 2.45) is 0 Å². The zero-order valence-corrected chi connectivity index (χ0v) is 25.5. The van der Waals surface area contributed by atoms with E-state index in [9.17, 15) is 0 Å². The van der Waals surface area contributed by atoms with Gasteiger partial charge in [-0.25, -0.2) is 0 Å². The number of hydrogen-bond donors (Lipinski definition) is 0. The Morgan fingerprint density at radius 1 is 0.605 bits per heavy atom. The maximum absolute atomic E-state index is 4.22. The fourth-order valence-corrected chi connectivity index (χ4v) is 5.83. The van der Waals surface area contributed by atoms with Crippen molar-refractivity contribution in [2.45, 2.75) is 0 Å². The molecule has 0 aliphatic carbocycles. The van der Waals surface area contributed by atoms with Crippen molar-refractivity contribution in [2.75, 3.05) is 9.80 Å². The fraction of sp³-hybridized carbons (Fsp3) is 0. The average Bonchev–Trinajstić information content (AvgIpc) is 3.79. The van der Waals surface area contributed by atoms with Gasteiger partial charge in [0.05, 0.1) is 0 Å². The first-order valence-electron chi connectivity index (χ1n) is 14.0. The summed E-state index contributed by atoms with van der Waals surface area (Å²) in [6.45, 7) is 2.10. The van der Waals surface area contributed by atoms with E-state index in [-0.39, 0.29) is 20.1 Å². The summed E-state index contributed by atoms with van der Waals surface area (Å²) in [7, 11) is 0. The van der Waals surface area contributed by atoms with Gasteiger partial charge in [0.1, 0.15) is 0 Å². The van der Waals surface area contributed by atoms with Crippen molar-refractivity contribution in [3.63, 3.8) is 0 Å². The number of benzene rings is 5. The number of nitrogens with zero attached hydrogens (tertiary/aromatic N) is 4. The van der Waals surface area contributed by atoms with Crippen LogP contribution in [0.2, 0.25) is 0 Å². The molecule has 4 nitrogen and oxygen atoms in total. The first kappa shape index (κ1) is 26.9. The number of hydrogen-bond acceptors (Lipinski definition) is 3. The van der Waals surface area contributed by atoms with Crippen molar-refractivity contribution in [3.05, 3.63) is 165 Å². The number of aromatic nitrogens is 2. The summed E-state index contributed by atoms with van der Waals surface area (Å²) < 4.78 is 2.38. The average molecular weight is 730 g/mol. The molecule has 0 spiro atoms. The van der Waals surface area contributed by atoms with Gasteiger partial charge in [0, 0.05) is 33.7 Å². The van der Waals surface area contributed by atoms with Gasteiger partial charge in [0.25, 0.3) is 0 Å². The van der Waals surface area contributed by atoms with Crippen LogP contribution in [0.3, 0.4) is 0 Å². The summed E-state index contributed by atoms with van der Waals surface area (Å²) in [6.07, 6.45) is 5.95. The van der Waals surface area contributed by atoms with Crippen LogP contribution in [0.4, 0.5) is 11.4 Å². The molecule has 8 aromatic rings. The molecule has 0 atom stereocenters. The van der Waals surface area contributed by atoms with Gasteiger partial charge >= 0.3 is 20.1 Å². The van der Waals surface area contributed by atoms with Crippen LogP contribution < -0.4 is 9.80 Å². The second kappa shape index (κ2) is 11.4. The molecule has 0 saturated carbocycles. The Morgan fingerprint density at radius 3 is 2.16 bits per heavy atom. The molecule has 0 radical (unpaired) electrons. The third kappa shape index (κ3) is 4.73. The normalized spacial score (nSPS) is 12.7.